The van der Waals surface area contributed by atoms with Gasteiger partial charge in [0.2, 0.25) is 0 Å². The van der Waals surface area contributed by atoms with E-state index in [1.165, 1.54) is 18.0 Å². The molecule has 0 saturated carbocycles. The van der Waals surface area contributed by atoms with Gasteiger partial charge in [0.25, 0.3) is 5.91 Å². The van der Waals surface area contributed by atoms with Gasteiger partial charge in [-0.15, -0.1) is 0 Å². The molecule has 1 aromatic carbocycles. The lowest BCUT2D eigenvalue weighted by atomic mass is 10.2. The van der Waals surface area contributed by atoms with E-state index in [1.807, 2.05) is 31.4 Å². The Morgan fingerprint density at radius 1 is 1.50 bits per heavy atom. The number of nitrogens with one attached hydrogen (secondary N) is 2. The summed E-state index contributed by atoms with van der Waals surface area (Å²) in [5, 5.41) is 23.6. The molecule has 1 atom stereocenters. The molecule has 3 N–H and O–H groups in total. The number of carboxylic acids is 1. The first-order chi connectivity index (χ1) is 11.4. The van der Waals surface area contributed by atoms with Crippen molar-refractivity contribution in [1.82, 2.24) is 5.32 Å². The SMILES string of the molecule is CSCCC(NC(=O)/C(C#N)=C\Nc1ccc(I)cc1C)C(=O)O. The monoisotopic (exact) mass is 459 g/mol. The fourth-order valence-electron chi connectivity index (χ4n) is 1.82. The van der Waals surface area contributed by atoms with Crippen LogP contribution in [0.15, 0.2) is 30.0 Å². The van der Waals surface area contributed by atoms with E-state index in [-0.39, 0.29) is 5.57 Å². The highest BCUT2D eigenvalue weighted by atomic mass is 127. The number of amides is 1. The number of carboxylic acid groups (broad SMARTS) is 1. The van der Waals surface area contributed by atoms with Crippen molar-refractivity contribution >= 4 is 51.9 Å². The van der Waals surface area contributed by atoms with Gasteiger partial charge in [0, 0.05) is 15.5 Å². The first-order valence-corrected chi connectivity index (χ1v) is 9.51. The van der Waals surface area contributed by atoms with Crippen LogP contribution in [0.3, 0.4) is 0 Å². The second-order valence-corrected chi connectivity index (χ2v) is 7.15. The fourth-order valence-corrected chi connectivity index (χ4v) is 2.93. The number of nitriles is 1. The number of nitrogens with zero attached hydrogens (tertiary/aromatic N) is 1. The van der Waals surface area contributed by atoms with Crippen molar-refractivity contribution in [1.29, 1.82) is 5.26 Å². The molecule has 0 radical (unpaired) electrons. The standard InChI is InChI=1S/C16H18IN3O3S/c1-10-7-12(17)3-4-13(10)19-9-11(8-18)15(21)20-14(16(22)23)5-6-24-2/h3-4,7,9,14,19H,5-6H2,1-2H3,(H,20,21)(H,22,23)/b11-9-. The number of aliphatic carboxylic acids is 1. The van der Waals surface area contributed by atoms with E-state index >= 15 is 0 Å². The van der Waals surface area contributed by atoms with Crippen LogP contribution in [0.4, 0.5) is 5.69 Å². The second kappa shape index (κ2) is 10.2. The van der Waals surface area contributed by atoms with Gasteiger partial charge in [-0.3, -0.25) is 4.79 Å². The zero-order valence-electron chi connectivity index (χ0n) is 13.3. The maximum Gasteiger partial charge on any atom is 0.326 e. The lowest BCUT2D eigenvalue weighted by molar-refractivity contribution is -0.141. The molecule has 0 fully saturated rings. The fraction of sp³-hybridized carbons (Fsp3) is 0.312. The Labute approximate surface area is 158 Å². The van der Waals surface area contributed by atoms with Crippen molar-refractivity contribution in [3.8, 4) is 6.07 Å². The molecule has 24 heavy (non-hydrogen) atoms. The molecule has 0 aliphatic heterocycles. The average molecular weight is 459 g/mol. The first kappa shape index (κ1) is 20.3. The summed E-state index contributed by atoms with van der Waals surface area (Å²) in [6, 6.07) is 6.49. The highest BCUT2D eigenvalue weighted by Gasteiger charge is 2.21. The zero-order chi connectivity index (χ0) is 18.1. The molecule has 8 heteroatoms. The van der Waals surface area contributed by atoms with Crippen LogP contribution >= 0.6 is 34.4 Å². The van der Waals surface area contributed by atoms with Gasteiger partial charge in [-0.2, -0.15) is 17.0 Å². The summed E-state index contributed by atoms with van der Waals surface area (Å²) in [7, 11) is 0. The summed E-state index contributed by atoms with van der Waals surface area (Å²) in [5.74, 6) is -1.22. The lowest BCUT2D eigenvalue weighted by Gasteiger charge is -2.13. The predicted molar refractivity (Wildman–Crippen MR) is 104 cm³/mol. The first-order valence-electron chi connectivity index (χ1n) is 7.04. The Bertz CT molecular complexity index is 686. The molecule has 1 unspecified atom stereocenters. The molecule has 0 aromatic heterocycles. The molecule has 0 aliphatic rings. The van der Waals surface area contributed by atoms with Crippen LogP contribution in [-0.2, 0) is 9.59 Å². The maximum absolute atomic E-state index is 12.1. The number of hydrogen-bond donors (Lipinski definition) is 3. The van der Waals surface area contributed by atoms with Crippen LogP contribution in [-0.4, -0.2) is 35.0 Å². The van der Waals surface area contributed by atoms with Crippen LogP contribution in [0.5, 0.6) is 0 Å². The number of hydrogen-bond acceptors (Lipinski definition) is 5. The Morgan fingerprint density at radius 2 is 2.21 bits per heavy atom. The summed E-state index contributed by atoms with van der Waals surface area (Å²) in [5.41, 5.74) is 1.57. The van der Waals surface area contributed by atoms with Crippen LogP contribution in [0, 0.1) is 21.8 Å². The van der Waals surface area contributed by atoms with Crippen molar-refractivity contribution in [2.75, 3.05) is 17.3 Å². The van der Waals surface area contributed by atoms with E-state index in [4.69, 9.17) is 10.4 Å². The molecule has 0 bridgehead atoms. The minimum atomic E-state index is -1.11. The summed E-state index contributed by atoms with van der Waals surface area (Å²) in [6.07, 6.45) is 3.44. The van der Waals surface area contributed by atoms with Gasteiger partial charge < -0.3 is 15.7 Å². The molecule has 0 heterocycles. The van der Waals surface area contributed by atoms with E-state index in [1.54, 1.807) is 6.07 Å². The zero-order valence-corrected chi connectivity index (χ0v) is 16.3. The molecule has 0 aliphatic carbocycles. The second-order valence-electron chi connectivity index (χ2n) is 4.92. The number of rotatable bonds is 8. The predicted octanol–water partition coefficient (Wildman–Crippen LogP) is 2.74. The molecule has 0 spiro atoms. The van der Waals surface area contributed by atoms with Crippen LogP contribution in [0.1, 0.15) is 12.0 Å². The topological polar surface area (TPSA) is 102 Å². The largest absolute Gasteiger partial charge is 0.480 e. The van der Waals surface area contributed by atoms with Crippen molar-refractivity contribution in [2.24, 2.45) is 0 Å². The van der Waals surface area contributed by atoms with Gasteiger partial charge in [-0.05, 0) is 71.7 Å². The van der Waals surface area contributed by atoms with Gasteiger partial charge in [0.15, 0.2) is 0 Å². The minimum Gasteiger partial charge on any atom is -0.480 e. The van der Waals surface area contributed by atoms with Crippen molar-refractivity contribution < 1.29 is 14.7 Å². The Balaban J connectivity index is 2.81. The number of carbonyl (C=O) groups excluding carboxylic acids is 1. The summed E-state index contributed by atoms with van der Waals surface area (Å²) >= 11 is 3.69. The van der Waals surface area contributed by atoms with E-state index < -0.39 is 17.9 Å². The van der Waals surface area contributed by atoms with Crippen molar-refractivity contribution in [3.63, 3.8) is 0 Å². The third-order valence-corrected chi connectivity index (χ3v) is 4.45. The number of anilines is 1. The number of halogens is 1. The maximum atomic E-state index is 12.1. The smallest absolute Gasteiger partial charge is 0.326 e. The Kier molecular flexibility index (Phi) is 8.63. The Morgan fingerprint density at radius 3 is 2.75 bits per heavy atom. The van der Waals surface area contributed by atoms with Gasteiger partial charge in [-0.1, -0.05) is 0 Å². The molecule has 1 rings (SSSR count). The van der Waals surface area contributed by atoms with Crippen molar-refractivity contribution in [3.05, 3.63) is 39.1 Å². The van der Waals surface area contributed by atoms with Gasteiger partial charge in [0.05, 0.1) is 0 Å². The molecule has 6 nitrogen and oxygen atoms in total. The van der Waals surface area contributed by atoms with E-state index in [0.29, 0.717) is 12.2 Å². The van der Waals surface area contributed by atoms with Gasteiger partial charge in [-0.25, -0.2) is 4.79 Å². The third-order valence-electron chi connectivity index (χ3n) is 3.14. The number of benzene rings is 1. The molecule has 128 valence electrons. The normalized spacial score (nSPS) is 12.2. The van der Waals surface area contributed by atoms with E-state index in [2.05, 4.69) is 33.2 Å². The number of carbonyl (C=O) groups is 2. The molecule has 1 amide bonds. The number of aryl methyl sites for hydroxylation is 1. The van der Waals surface area contributed by atoms with Crippen LogP contribution in [0.25, 0.3) is 0 Å². The van der Waals surface area contributed by atoms with Crippen molar-refractivity contribution in [2.45, 2.75) is 19.4 Å². The minimum absolute atomic E-state index is 0.177. The van der Waals surface area contributed by atoms with Gasteiger partial charge in [0.1, 0.15) is 17.7 Å². The molecule has 0 saturated heterocycles. The third kappa shape index (κ3) is 6.41. The van der Waals surface area contributed by atoms with Crippen LogP contribution in [0.2, 0.25) is 0 Å². The average Bonchev–Trinajstić information content (AvgIpc) is 2.53. The summed E-state index contributed by atoms with van der Waals surface area (Å²) in [4.78, 5) is 23.3. The Hall–Kier alpha value is -1.73. The molecule has 1 aromatic rings. The highest BCUT2D eigenvalue weighted by Crippen LogP contribution is 2.18. The highest BCUT2D eigenvalue weighted by molar-refractivity contribution is 14.1. The molecular formula is C16H18IN3O3S. The number of thioether (sulfide) groups is 1. The van der Waals surface area contributed by atoms with Crippen LogP contribution < -0.4 is 10.6 Å². The lowest BCUT2D eigenvalue weighted by Crippen LogP contribution is -2.41. The quantitative estimate of drug-likeness (QED) is 0.314. The van der Waals surface area contributed by atoms with E-state index in [0.717, 1.165) is 14.8 Å². The summed E-state index contributed by atoms with van der Waals surface area (Å²) in [6.45, 7) is 1.91. The van der Waals surface area contributed by atoms with Gasteiger partial charge >= 0.3 is 5.97 Å². The summed E-state index contributed by atoms with van der Waals surface area (Å²) < 4.78 is 1.08. The molecular weight excluding hydrogens is 441 g/mol. The van der Waals surface area contributed by atoms with E-state index in [9.17, 15) is 9.59 Å².